The molecule has 6 aromatic rings. The van der Waals surface area contributed by atoms with Crippen LogP contribution in [0.3, 0.4) is 0 Å². The fourth-order valence-corrected chi connectivity index (χ4v) is 5.40. The van der Waals surface area contributed by atoms with Gasteiger partial charge in [0, 0.05) is 0 Å². The number of fused-ring (bicyclic) bond motifs is 3. The topological polar surface area (TPSA) is 147 Å². The highest BCUT2D eigenvalue weighted by Crippen LogP contribution is 2.46. The Kier molecular flexibility index (Phi) is 3.85. The van der Waals surface area contributed by atoms with Gasteiger partial charge in [-0.2, -0.15) is 4.98 Å². The number of nitrogens with one attached hydrogen (secondary N) is 3. The molecule has 4 atom stereocenters. The SMILES string of the molecule is O=c1[nH]c(NC2c3c(cc4ccc5cccc6ccc3c4c56)C(O)C(O)C2O)nc2nc[nH]c12. The molecule has 0 fully saturated rings. The molecule has 4 aromatic carbocycles. The molecule has 0 saturated carbocycles. The monoisotopic (exact) mass is 453 g/mol. The predicted molar refractivity (Wildman–Crippen MR) is 128 cm³/mol. The molecule has 168 valence electrons. The number of aliphatic hydroxyl groups excluding tert-OH is 3. The minimum atomic E-state index is -1.43. The molecule has 1 aliphatic rings. The molecule has 0 saturated heterocycles. The second kappa shape index (κ2) is 6.73. The Labute approximate surface area is 191 Å². The van der Waals surface area contributed by atoms with Gasteiger partial charge in [0.1, 0.15) is 18.3 Å². The van der Waals surface area contributed by atoms with E-state index in [2.05, 4.69) is 37.4 Å². The van der Waals surface area contributed by atoms with Crippen LogP contribution in [0.25, 0.3) is 43.5 Å². The van der Waals surface area contributed by atoms with Crippen molar-refractivity contribution in [3.63, 3.8) is 0 Å². The van der Waals surface area contributed by atoms with Crippen LogP contribution in [0.2, 0.25) is 0 Å². The molecule has 0 amide bonds. The molecule has 2 aromatic heterocycles. The van der Waals surface area contributed by atoms with Gasteiger partial charge < -0.3 is 25.6 Å². The summed E-state index contributed by atoms with van der Waals surface area (Å²) in [5.74, 6) is 0.105. The van der Waals surface area contributed by atoms with Crippen LogP contribution >= 0.6 is 0 Å². The van der Waals surface area contributed by atoms with E-state index in [1.54, 1.807) is 0 Å². The van der Waals surface area contributed by atoms with Gasteiger partial charge in [-0.25, -0.2) is 4.98 Å². The lowest BCUT2D eigenvalue weighted by Gasteiger charge is -2.38. The van der Waals surface area contributed by atoms with Crippen LogP contribution in [-0.2, 0) is 0 Å². The van der Waals surface area contributed by atoms with Gasteiger partial charge in [0.15, 0.2) is 11.2 Å². The maximum absolute atomic E-state index is 12.4. The maximum Gasteiger partial charge on any atom is 0.278 e. The predicted octanol–water partition coefficient (Wildman–Crippen LogP) is 2.47. The first kappa shape index (κ1) is 19.4. The number of rotatable bonds is 2. The van der Waals surface area contributed by atoms with Crippen molar-refractivity contribution in [1.82, 2.24) is 19.9 Å². The first-order chi connectivity index (χ1) is 16.5. The first-order valence-corrected chi connectivity index (χ1v) is 11.0. The molecular formula is C25H19N5O4. The highest BCUT2D eigenvalue weighted by Gasteiger charge is 2.42. The van der Waals surface area contributed by atoms with Crippen molar-refractivity contribution in [2.24, 2.45) is 0 Å². The Balaban J connectivity index is 1.51. The fourth-order valence-electron chi connectivity index (χ4n) is 5.40. The van der Waals surface area contributed by atoms with Crippen LogP contribution in [0.5, 0.6) is 0 Å². The van der Waals surface area contributed by atoms with Gasteiger partial charge in [-0.15, -0.1) is 0 Å². The summed E-state index contributed by atoms with van der Waals surface area (Å²) in [5, 5.41) is 41.8. The molecule has 0 radical (unpaired) electrons. The standard InChI is InChI=1S/C25H19N5O4/c31-20-14-8-12-5-4-10-2-1-3-11-6-7-13(16(12)15(10)11)17(14)18(21(32)22(20)33)28-25-29-23-19(24(34)30-25)26-9-27-23/h1-9,18,20-22,31-33H,(H3,26,27,28,29,30,34). The van der Waals surface area contributed by atoms with E-state index < -0.39 is 29.9 Å². The fraction of sp³-hybridized carbons (Fsp3) is 0.160. The number of anilines is 1. The third kappa shape index (κ3) is 2.51. The van der Waals surface area contributed by atoms with Crippen molar-refractivity contribution >= 4 is 49.4 Å². The van der Waals surface area contributed by atoms with Crippen LogP contribution in [-0.4, -0.2) is 47.5 Å². The number of aromatic amines is 2. The van der Waals surface area contributed by atoms with Crippen molar-refractivity contribution in [2.45, 2.75) is 24.4 Å². The van der Waals surface area contributed by atoms with Crippen LogP contribution in [0.4, 0.5) is 5.95 Å². The third-order valence-electron chi connectivity index (χ3n) is 6.95. The zero-order valence-electron chi connectivity index (χ0n) is 17.6. The van der Waals surface area contributed by atoms with E-state index in [9.17, 15) is 20.1 Å². The van der Waals surface area contributed by atoms with E-state index in [0.717, 1.165) is 32.3 Å². The summed E-state index contributed by atoms with van der Waals surface area (Å²) in [6.45, 7) is 0. The lowest BCUT2D eigenvalue weighted by molar-refractivity contribution is -0.0767. The molecule has 7 rings (SSSR count). The molecule has 2 heterocycles. The van der Waals surface area contributed by atoms with Crippen molar-refractivity contribution in [1.29, 1.82) is 0 Å². The summed E-state index contributed by atoms with van der Waals surface area (Å²) in [4.78, 5) is 26.2. The van der Waals surface area contributed by atoms with Crippen molar-refractivity contribution in [3.05, 3.63) is 76.3 Å². The summed E-state index contributed by atoms with van der Waals surface area (Å²) >= 11 is 0. The molecule has 0 aliphatic heterocycles. The normalized spacial score (nSPS) is 22.7. The van der Waals surface area contributed by atoms with Gasteiger partial charge in [0.2, 0.25) is 5.95 Å². The molecule has 0 bridgehead atoms. The van der Waals surface area contributed by atoms with Crippen LogP contribution < -0.4 is 10.9 Å². The van der Waals surface area contributed by atoms with E-state index in [0.29, 0.717) is 11.1 Å². The highest BCUT2D eigenvalue weighted by atomic mass is 16.4. The van der Waals surface area contributed by atoms with Gasteiger partial charge in [-0.1, -0.05) is 42.5 Å². The van der Waals surface area contributed by atoms with E-state index in [-0.39, 0.29) is 17.1 Å². The second-order valence-corrected chi connectivity index (χ2v) is 8.80. The van der Waals surface area contributed by atoms with Gasteiger partial charge in [0.05, 0.1) is 12.4 Å². The van der Waals surface area contributed by atoms with E-state index >= 15 is 0 Å². The number of hydrogen-bond donors (Lipinski definition) is 6. The highest BCUT2D eigenvalue weighted by molar-refractivity contribution is 6.24. The summed E-state index contributed by atoms with van der Waals surface area (Å²) in [6, 6.07) is 15.2. The first-order valence-electron chi connectivity index (χ1n) is 11.0. The van der Waals surface area contributed by atoms with E-state index in [1.165, 1.54) is 6.33 Å². The lowest BCUT2D eigenvalue weighted by Crippen LogP contribution is -2.44. The average molecular weight is 453 g/mol. The quantitative estimate of drug-likeness (QED) is 0.221. The van der Waals surface area contributed by atoms with Crippen molar-refractivity contribution in [3.8, 4) is 0 Å². The zero-order valence-corrected chi connectivity index (χ0v) is 17.6. The molecule has 0 spiro atoms. The Morgan fingerprint density at radius 1 is 0.912 bits per heavy atom. The smallest absolute Gasteiger partial charge is 0.278 e. The molecule has 9 nitrogen and oxygen atoms in total. The minimum Gasteiger partial charge on any atom is -0.388 e. The average Bonchev–Trinajstić information content (AvgIpc) is 3.33. The minimum absolute atomic E-state index is 0.105. The van der Waals surface area contributed by atoms with Crippen LogP contribution in [0.15, 0.2) is 59.7 Å². The molecule has 34 heavy (non-hydrogen) atoms. The van der Waals surface area contributed by atoms with Gasteiger partial charge in [-0.05, 0) is 49.5 Å². The molecule has 4 unspecified atom stereocenters. The number of H-pyrrole nitrogens is 2. The molecule has 9 heteroatoms. The lowest BCUT2D eigenvalue weighted by atomic mass is 9.77. The number of nitrogens with zero attached hydrogens (tertiary/aromatic N) is 2. The Morgan fingerprint density at radius 3 is 2.50 bits per heavy atom. The zero-order chi connectivity index (χ0) is 23.1. The third-order valence-corrected chi connectivity index (χ3v) is 6.95. The largest absolute Gasteiger partial charge is 0.388 e. The van der Waals surface area contributed by atoms with Gasteiger partial charge in [0.25, 0.3) is 5.56 Å². The summed E-state index contributed by atoms with van der Waals surface area (Å²) < 4.78 is 0. The molecule has 1 aliphatic carbocycles. The Bertz CT molecular complexity index is 1780. The molecule has 6 N–H and O–H groups in total. The van der Waals surface area contributed by atoms with E-state index in [4.69, 9.17) is 0 Å². The number of imidazole rings is 1. The number of hydrogen-bond acceptors (Lipinski definition) is 7. The summed E-state index contributed by atoms with van der Waals surface area (Å²) in [7, 11) is 0. The van der Waals surface area contributed by atoms with E-state index in [1.807, 2.05) is 36.4 Å². The maximum atomic E-state index is 12.4. The van der Waals surface area contributed by atoms with Crippen LogP contribution in [0, 0.1) is 0 Å². The summed E-state index contributed by atoms with van der Waals surface area (Å²) in [5.41, 5.74) is 1.23. The number of aliphatic hydroxyl groups is 3. The van der Waals surface area contributed by atoms with Crippen LogP contribution in [0.1, 0.15) is 23.3 Å². The van der Waals surface area contributed by atoms with Crippen molar-refractivity contribution < 1.29 is 15.3 Å². The second-order valence-electron chi connectivity index (χ2n) is 8.80. The molecular weight excluding hydrogens is 434 g/mol. The Hall–Kier alpha value is -4.05. The summed E-state index contributed by atoms with van der Waals surface area (Å²) in [6.07, 6.45) is -2.68. The van der Waals surface area contributed by atoms with Crippen molar-refractivity contribution in [2.75, 3.05) is 5.32 Å². The van der Waals surface area contributed by atoms with Gasteiger partial charge in [-0.3, -0.25) is 9.78 Å². The Morgan fingerprint density at radius 2 is 1.68 bits per heavy atom. The van der Waals surface area contributed by atoms with Gasteiger partial charge >= 0.3 is 0 Å². The number of aromatic nitrogens is 4. The number of benzene rings is 4.